The molecule has 0 aliphatic carbocycles. The van der Waals surface area contributed by atoms with Crippen molar-refractivity contribution in [2.45, 2.75) is 6.92 Å². The molecule has 0 aliphatic rings. The maximum atomic E-state index is 12.3. The van der Waals surface area contributed by atoms with Gasteiger partial charge in [0.1, 0.15) is 24.7 Å². The van der Waals surface area contributed by atoms with E-state index in [1.807, 2.05) is 54.6 Å². The van der Waals surface area contributed by atoms with E-state index in [2.05, 4.69) is 16.0 Å². The highest BCUT2D eigenvalue weighted by atomic mass is 16.5. The molecular weight excluding hydrogens is 394 g/mol. The molecule has 0 aromatic heterocycles. The van der Waals surface area contributed by atoms with Crippen LogP contribution in [0.3, 0.4) is 0 Å². The van der Waals surface area contributed by atoms with Gasteiger partial charge in [0.15, 0.2) is 0 Å². The van der Waals surface area contributed by atoms with Crippen LogP contribution in [0.5, 0.6) is 11.5 Å². The van der Waals surface area contributed by atoms with Crippen LogP contribution >= 0.6 is 0 Å². The maximum Gasteiger partial charge on any atom is 0.243 e. The van der Waals surface area contributed by atoms with E-state index < -0.39 is 0 Å². The van der Waals surface area contributed by atoms with E-state index in [1.54, 1.807) is 24.3 Å². The van der Waals surface area contributed by atoms with Crippen LogP contribution < -0.4 is 25.4 Å². The third kappa shape index (κ3) is 7.40. The summed E-state index contributed by atoms with van der Waals surface area (Å²) in [4.78, 5) is 23.5. The second-order valence-electron chi connectivity index (χ2n) is 6.67. The van der Waals surface area contributed by atoms with Gasteiger partial charge in [-0.2, -0.15) is 0 Å². The third-order valence-electron chi connectivity index (χ3n) is 4.15. The number of ether oxygens (including phenoxy) is 2. The highest BCUT2D eigenvalue weighted by molar-refractivity contribution is 5.95. The number of hydrogen-bond acceptors (Lipinski definition) is 5. The van der Waals surface area contributed by atoms with Crippen LogP contribution in [0.1, 0.15) is 6.92 Å². The Morgan fingerprint density at radius 2 is 1.45 bits per heavy atom. The van der Waals surface area contributed by atoms with Crippen LogP contribution in [-0.4, -0.2) is 31.6 Å². The minimum atomic E-state index is -0.220. The van der Waals surface area contributed by atoms with Crippen LogP contribution in [0.25, 0.3) is 0 Å². The Labute approximate surface area is 181 Å². The molecule has 7 heteroatoms. The van der Waals surface area contributed by atoms with Crippen LogP contribution in [0.2, 0.25) is 0 Å². The van der Waals surface area contributed by atoms with E-state index in [9.17, 15) is 9.59 Å². The Hall–Kier alpha value is -4.00. The zero-order chi connectivity index (χ0) is 21.9. The quantitative estimate of drug-likeness (QED) is 0.430. The molecule has 3 rings (SSSR count). The molecule has 0 unspecified atom stereocenters. The molecule has 2 amide bonds. The molecule has 160 valence electrons. The van der Waals surface area contributed by atoms with E-state index in [4.69, 9.17) is 9.47 Å². The van der Waals surface area contributed by atoms with E-state index in [0.29, 0.717) is 36.0 Å². The first-order valence-corrected chi connectivity index (χ1v) is 9.91. The van der Waals surface area contributed by atoms with Crippen molar-refractivity contribution >= 4 is 28.9 Å². The Balaban J connectivity index is 1.48. The summed E-state index contributed by atoms with van der Waals surface area (Å²) in [5, 5.41) is 8.58. The van der Waals surface area contributed by atoms with Gasteiger partial charge < -0.3 is 25.4 Å². The predicted molar refractivity (Wildman–Crippen MR) is 122 cm³/mol. The van der Waals surface area contributed by atoms with Gasteiger partial charge >= 0.3 is 0 Å². The molecule has 0 radical (unpaired) electrons. The number of anilines is 3. The van der Waals surface area contributed by atoms with E-state index in [0.717, 1.165) is 5.75 Å². The number of rotatable bonds is 10. The number of hydrogen-bond donors (Lipinski definition) is 3. The van der Waals surface area contributed by atoms with E-state index >= 15 is 0 Å². The summed E-state index contributed by atoms with van der Waals surface area (Å²) in [5.74, 6) is 1.04. The lowest BCUT2D eigenvalue weighted by molar-refractivity contribution is -0.115. The van der Waals surface area contributed by atoms with Gasteiger partial charge in [0.05, 0.1) is 12.2 Å². The third-order valence-corrected chi connectivity index (χ3v) is 4.15. The molecule has 3 aromatic carbocycles. The SMILES string of the molecule is CC(=O)Nc1cccc(NC(=O)CNc2ccccc2OCCOc2ccccc2)c1. The highest BCUT2D eigenvalue weighted by Crippen LogP contribution is 2.23. The molecule has 0 aliphatic heterocycles. The lowest BCUT2D eigenvalue weighted by Gasteiger charge is -2.14. The van der Waals surface area contributed by atoms with Gasteiger partial charge in [-0.25, -0.2) is 0 Å². The van der Waals surface area contributed by atoms with Gasteiger partial charge in [-0.15, -0.1) is 0 Å². The molecule has 0 fully saturated rings. The number of carbonyl (C=O) groups excluding carboxylic acids is 2. The summed E-state index contributed by atoms with van der Waals surface area (Å²) in [5.41, 5.74) is 1.93. The number of nitrogens with one attached hydrogen (secondary N) is 3. The normalized spacial score (nSPS) is 10.1. The fourth-order valence-electron chi connectivity index (χ4n) is 2.83. The van der Waals surface area contributed by atoms with Crippen LogP contribution in [0.4, 0.5) is 17.1 Å². The molecule has 0 saturated heterocycles. The van der Waals surface area contributed by atoms with Crippen molar-refractivity contribution < 1.29 is 19.1 Å². The largest absolute Gasteiger partial charge is 0.490 e. The van der Waals surface area contributed by atoms with E-state index in [1.165, 1.54) is 6.92 Å². The van der Waals surface area contributed by atoms with Gasteiger partial charge in [-0.3, -0.25) is 9.59 Å². The average molecular weight is 419 g/mol. The van der Waals surface area contributed by atoms with Gasteiger partial charge in [0.2, 0.25) is 11.8 Å². The smallest absolute Gasteiger partial charge is 0.243 e. The Kier molecular flexibility index (Phi) is 7.88. The minimum absolute atomic E-state index is 0.0608. The minimum Gasteiger partial charge on any atom is -0.490 e. The molecule has 0 heterocycles. The maximum absolute atomic E-state index is 12.3. The molecule has 0 bridgehead atoms. The van der Waals surface area contributed by atoms with Crippen molar-refractivity contribution in [1.29, 1.82) is 0 Å². The van der Waals surface area contributed by atoms with Crippen molar-refractivity contribution in [3.63, 3.8) is 0 Å². The van der Waals surface area contributed by atoms with Crippen LogP contribution in [-0.2, 0) is 9.59 Å². The Morgan fingerprint density at radius 1 is 0.774 bits per heavy atom. The lowest BCUT2D eigenvalue weighted by atomic mass is 10.2. The Morgan fingerprint density at radius 3 is 2.23 bits per heavy atom. The molecule has 0 spiro atoms. The molecule has 3 N–H and O–H groups in total. The summed E-state index contributed by atoms with van der Waals surface area (Å²) in [7, 11) is 0. The van der Waals surface area contributed by atoms with Gasteiger partial charge in [0, 0.05) is 18.3 Å². The summed E-state index contributed by atoms with van der Waals surface area (Å²) in [6, 6.07) is 23.9. The second kappa shape index (κ2) is 11.3. The molecule has 3 aromatic rings. The van der Waals surface area contributed by atoms with Gasteiger partial charge in [-0.05, 0) is 42.5 Å². The summed E-state index contributed by atoms with van der Waals surface area (Å²) in [6.45, 7) is 2.27. The van der Waals surface area contributed by atoms with Gasteiger partial charge in [-0.1, -0.05) is 36.4 Å². The van der Waals surface area contributed by atoms with Gasteiger partial charge in [0.25, 0.3) is 0 Å². The van der Waals surface area contributed by atoms with Crippen LogP contribution in [0, 0.1) is 0 Å². The summed E-state index contributed by atoms with van der Waals surface area (Å²) >= 11 is 0. The van der Waals surface area contributed by atoms with Crippen molar-refractivity contribution in [1.82, 2.24) is 0 Å². The topological polar surface area (TPSA) is 88.7 Å². The number of amides is 2. The summed E-state index contributed by atoms with van der Waals surface area (Å²) < 4.78 is 11.4. The van der Waals surface area contributed by atoms with Crippen molar-refractivity contribution in [3.05, 3.63) is 78.9 Å². The zero-order valence-electron chi connectivity index (χ0n) is 17.3. The highest BCUT2D eigenvalue weighted by Gasteiger charge is 2.07. The van der Waals surface area contributed by atoms with Crippen molar-refractivity contribution in [2.75, 3.05) is 35.7 Å². The molecule has 0 saturated carbocycles. The first-order chi connectivity index (χ1) is 15.1. The fraction of sp³-hybridized carbons (Fsp3) is 0.167. The molecule has 7 nitrogen and oxygen atoms in total. The Bertz CT molecular complexity index is 1010. The first kappa shape index (κ1) is 21.7. The monoisotopic (exact) mass is 419 g/mol. The van der Waals surface area contributed by atoms with Crippen molar-refractivity contribution in [2.24, 2.45) is 0 Å². The fourth-order valence-corrected chi connectivity index (χ4v) is 2.83. The predicted octanol–water partition coefficient (Wildman–Crippen LogP) is 4.15. The zero-order valence-corrected chi connectivity index (χ0v) is 17.3. The first-order valence-electron chi connectivity index (χ1n) is 9.91. The average Bonchev–Trinajstić information content (AvgIpc) is 2.76. The van der Waals surface area contributed by atoms with Crippen LogP contribution in [0.15, 0.2) is 78.9 Å². The number of carbonyl (C=O) groups is 2. The second-order valence-corrected chi connectivity index (χ2v) is 6.67. The van der Waals surface area contributed by atoms with E-state index in [-0.39, 0.29) is 18.4 Å². The lowest BCUT2D eigenvalue weighted by Crippen LogP contribution is -2.22. The molecule has 0 atom stereocenters. The number of benzene rings is 3. The standard InChI is InChI=1S/C24H25N3O4/c1-18(28)26-19-8-7-9-20(16-19)27-24(29)17-25-22-12-5-6-13-23(22)31-15-14-30-21-10-3-2-4-11-21/h2-13,16,25H,14-15,17H2,1H3,(H,26,28)(H,27,29). The van der Waals surface area contributed by atoms with Crippen molar-refractivity contribution in [3.8, 4) is 11.5 Å². The molecular formula is C24H25N3O4. The number of para-hydroxylation sites is 3. The molecule has 31 heavy (non-hydrogen) atoms. The summed E-state index contributed by atoms with van der Waals surface area (Å²) in [6.07, 6.45) is 0.